The van der Waals surface area contributed by atoms with Crippen molar-refractivity contribution < 1.29 is 9.23 Å². The highest BCUT2D eigenvalue weighted by Crippen LogP contribution is 2.22. The van der Waals surface area contributed by atoms with Crippen molar-refractivity contribution in [1.82, 2.24) is 5.48 Å². The lowest BCUT2D eigenvalue weighted by atomic mass is 10.2. The lowest BCUT2D eigenvalue weighted by Gasteiger charge is -2.22. The van der Waals surface area contributed by atoms with Crippen LogP contribution in [0.4, 0.5) is 4.39 Å². The number of hydrogen-bond donors (Lipinski definition) is 1. The molecule has 72 valence electrons. The largest absolute Gasteiger partial charge is 0.296 e. The van der Waals surface area contributed by atoms with Gasteiger partial charge in [-0.05, 0) is 40.0 Å². The minimum Gasteiger partial charge on any atom is -0.296 e. The Bertz CT molecular complexity index is 144. The van der Waals surface area contributed by atoms with Crippen molar-refractivity contribution in [3.8, 4) is 0 Å². The average molecular weight is 175 g/mol. The average Bonchev–Trinajstić information content (AvgIpc) is 2.30. The van der Waals surface area contributed by atoms with Gasteiger partial charge in [0.05, 0.1) is 5.60 Å². The second kappa shape index (κ2) is 3.71. The van der Waals surface area contributed by atoms with Gasteiger partial charge in [0.25, 0.3) is 0 Å². The van der Waals surface area contributed by atoms with E-state index >= 15 is 0 Å². The molecule has 1 rings (SSSR count). The Kier molecular flexibility index (Phi) is 3.07. The van der Waals surface area contributed by atoms with Gasteiger partial charge in [-0.15, -0.1) is 0 Å². The summed E-state index contributed by atoms with van der Waals surface area (Å²) in [6.45, 7) is 5.92. The maximum atomic E-state index is 12.7. The van der Waals surface area contributed by atoms with E-state index in [0.717, 1.165) is 6.42 Å². The molecule has 1 N–H and O–H groups in total. The minimum atomic E-state index is -0.633. The summed E-state index contributed by atoms with van der Waals surface area (Å²) in [5, 5.41) is 0. The fourth-order valence-electron chi connectivity index (χ4n) is 1.29. The Morgan fingerprint density at radius 2 is 2.00 bits per heavy atom. The maximum Gasteiger partial charge on any atom is 0.102 e. The van der Waals surface area contributed by atoms with Crippen molar-refractivity contribution in [3.63, 3.8) is 0 Å². The highest BCUT2D eigenvalue weighted by Gasteiger charge is 2.25. The van der Waals surface area contributed by atoms with Gasteiger partial charge in [-0.3, -0.25) is 4.84 Å². The summed E-state index contributed by atoms with van der Waals surface area (Å²) in [5.74, 6) is 0. The summed E-state index contributed by atoms with van der Waals surface area (Å²) >= 11 is 0. The summed E-state index contributed by atoms with van der Waals surface area (Å²) < 4.78 is 12.7. The Morgan fingerprint density at radius 3 is 2.42 bits per heavy atom. The van der Waals surface area contributed by atoms with E-state index < -0.39 is 6.17 Å². The predicted molar refractivity (Wildman–Crippen MR) is 46.5 cm³/mol. The van der Waals surface area contributed by atoms with Crippen LogP contribution in [0.3, 0.4) is 0 Å². The molecule has 0 aromatic carbocycles. The third kappa shape index (κ3) is 3.50. The van der Waals surface area contributed by atoms with E-state index in [9.17, 15) is 4.39 Å². The molecule has 0 aliphatic heterocycles. The molecule has 0 aromatic rings. The van der Waals surface area contributed by atoms with E-state index in [2.05, 4.69) is 5.48 Å². The standard InChI is InChI=1S/C9H18FNO/c1-9(2,3)12-11-8-5-4-7(10)6-8/h7-8,11H,4-6H2,1-3H3/t7-,8+/m0/s1. The topological polar surface area (TPSA) is 21.3 Å². The van der Waals surface area contributed by atoms with Gasteiger partial charge in [0, 0.05) is 6.04 Å². The summed E-state index contributed by atoms with van der Waals surface area (Å²) in [4.78, 5) is 5.34. The molecule has 0 aromatic heterocycles. The van der Waals surface area contributed by atoms with Gasteiger partial charge in [-0.25, -0.2) is 4.39 Å². The number of halogens is 1. The third-order valence-electron chi connectivity index (χ3n) is 1.90. The van der Waals surface area contributed by atoms with Crippen molar-refractivity contribution in [3.05, 3.63) is 0 Å². The number of hydrogen-bond acceptors (Lipinski definition) is 2. The van der Waals surface area contributed by atoms with Crippen LogP contribution < -0.4 is 5.48 Å². The zero-order chi connectivity index (χ0) is 9.19. The molecule has 1 aliphatic carbocycles. The molecule has 0 amide bonds. The number of nitrogens with one attached hydrogen (secondary N) is 1. The van der Waals surface area contributed by atoms with E-state index in [4.69, 9.17) is 4.84 Å². The van der Waals surface area contributed by atoms with Gasteiger partial charge < -0.3 is 0 Å². The fourth-order valence-corrected chi connectivity index (χ4v) is 1.29. The summed E-state index contributed by atoms with van der Waals surface area (Å²) in [6.07, 6.45) is 1.52. The summed E-state index contributed by atoms with van der Waals surface area (Å²) in [6, 6.07) is 0.208. The van der Waals surface area contributed by atoms with Crippen molar-refractivity contribution in [2.45, 2.75) is 57.8 Å². The number of alkyl halides is 1. The van der Waals surface area contributed by atoms with Gasteiger partial charge >= 0.3 is 0 Å². The number of hydroxylamine groups is 1. The monoisotopic (exact) mass is 175 g/mol. The van der Waals surface area contributed by atoms with Crippen molar-refractivity contribution >= 4 is 0 Å². The third-order valence-corrected chi connectivity index (χ3v) is 1.90. The van der Waals surface area contributed by atoms with Gasteiger partial charge in [0.15, 0.2) is 0 Å². The molecule has 0 bridgehead atoms. The van der Waals surface area contributed by atoms with E-state index in [0.29, 0.717) is 12.8 Å². The lowest BCUT2D eigenvalue weighted by molar-refractivity contribution is -0.0879. The van der Waals surface area contributed by atoms with Gasteiger partial charge in [-0.1, -0.05) is 0 Å². The second-order valence-corrected chi connectivity index (χ2v) is 4.44. The quantitative estimate of drug-likeness (QED) is 0.650. The first-order chi connectivity index (χ1) is 5.47. The van der Waals surface area contributed by atoms with Crippen LogP contribution in [0.1, 0.15) is 40.0 Å². The molecule has 2 nitrogen and oxygen atoms in total. The van der Waals surface area contributed by atoms with E-state index in [1.54, 1.807) is 0 Å². The van der Waals surface area contributed by atoms with Crippen molar-refractivity contribution in [1.29, 1.82) is 0 Å². The van der Waals surface area contributed by atoms with Gasteiger partial charge in [0.2, 0.25) is 0 Å². The van der Waals surface area contributed by atoms with Crippen LogP contribution in [0.5, 0.6) is 0 Å². The first-order valence-corrected chi connectivity index (χ1v) is 4.55. The molecule has 1 aliphatic rings. The minimum absolute atomic E-state index is 0.186. The Balaban J connectivity index is 2.16. The zero-order valence-electron chi connectivity index (χ0n) is 8.06. The van der Waals surface area contributed by atoms with E-state index in [1.807, 2.05) is 20.8 Å². The number of rotatable bonds is 2. The van der Waals surface area contributed by atoms with E-state index in [1.165, 1.54) is 0 Å². The summed E-state index contributed by atoms with van der Waals surface area (Å²) in [5.41, 5.74) is 2.73. The van der Waals surface area contributed by atoms with Crippen molar-refractivity contribution in [2.24, 2.45) is 0 Å². The molecular weight excluding hydrogens is 157 g/mol. The smallest absolute Gasteiger partial charge is 0.102 e. The Labute approximate surface area is 73.4 Å². The molecule has 1 fully saturated rings. The highest BCUT2D eigenvalue weighted by atomic mass is 19.1. The molecular formula is C9H18FNO. The Morgan fingerprint density at radius 1 is 1.33 bits per heavy atom. The second-order valence-electron chi connectivity index (χ2n) is 4.44. The van der Waals surface area contributed by atoms with Crippen LogP contribution in [0.25, 0.3) is 0 Å². The molecule has 12 heavy (non-hydrogen) atoms. The van der Waals surface area contributed by atoms with Crippen molar-refractivity contribution in [2.75, 3.05) is 0 Å². The predicted octanol–water partition coefficient (Wildman–Crippen LogP) is 2.20. The molecule has 3 heteroatoms. The van der Waals surface area contributed by atoms with Crippen LogP contribution in [-0.2, 0) is 4.84 Å². The fraction of sp³-hybridized carbons (Fsp3) is 1.00. The zero-order valence-corrected chi connectivity index (χ0v) is 8.06. The van der Waals surface area contributed by atoms with Gasteiger partial charge in [0.1, 0.15) is 6.17 Å². The molecule has 1 saturated carbocycles. The van der Waals surface area contributed by atoms with Gasteiger partial charge in [-0.2, -0.15) is 5.48 Å². The molecule has 2 atom stereocenters. The van der Waals surface area contributed by atoms with Crippen LogP contribution in [0, 0.1) is 0 Å². The summed E-state index contributed by atoms with van der Waals surface area (Å²) in [7, 11) is 0. The first-order valence-electron chi connectivity index (χ1n) is 4.55. The first kappa shape index (κ1) is 9.93. The van der Waals surface area contributed by atoms with E-state index in [-0.39, 0.29) is 11.6 Å². The SMILES string of the molecule is CC(C)(C)ON[C@@H]1CC[C@H](F)C1. The molecule has 0 spiro atoms. The normalized spacial score (nSPS) is 31.0. The Hall–Kier alpha value is -0.150. The molecule has 0 unspecified atom stereocenters. The van der Waals surface area contributed by atoms with Crippen LogP contribution in [-0.4, -0.2) is 17.8 Å². The highest BCUT2D eigenvalue weighted by molar-refractivity contribution is 4.78. The lowest BCUT2D eigenvalue weighted by Crippen LogP contribution is -2.35. The van der Waals surface area contributed by atoms with Crippen LogP contribution >= 0.6 is 0 Å². The van der Waals surface area contributed by atoms with Crippen LogP contribution in [0.2, 0.25) is 0 Å². The maximum absolute atomic E-state index is 12.7. The molecule has 0 saturated heterocycles. The van der Waals surface area contributed by atoms with Crippen LogP contribution in [0.15, 0.2) is 0 Å². The molecule has 0 heterocycles. The molecule has 0 radical (unpaired) electrons.